The van der Waals surface area contributed by atoms with Crippen LogP contribution in [0.5, 0.6) is 0 Å². The maximum absolute atomic E-state index is 8.70. The van der Waals surface area contributed by atoms with E-state index >= 15 is 0 Å². The van der Waals surface area contributed by atoms with Crippen LogP contribution in [0.3, 0.4) is 0 Å². The molecule has 11 heavy (non-hydrogen) atoms. The number of hydrogen-bond donors (Lipinski definition) is 1. The van der Waals surface area contributed by atoms with Crippen molar-refractivity contribution in [1.29, 1.82) is 5.26 Å². The molecule has 1 aliphatic carbocycles. The van der Waals surface area contributed by atoms with Gasteiger partial charge in [0.15, 0.2) is 0 Å². The van der Waals surface area contributed by atoms with Gasteiger partial charge in [0.2, 0.25) is 0 Å². The van der Waals surface area contributed by atoms with Crippen LogP contribution in [0.2, 0.25) is 0 Å². The highest BCUT2D eigenvalue weighted by Crippen LogP contribution is 2.32. The molecule has 2 nitrogen and oxygen atoms in total. The summed E-state index contributed by atoms with van der Waals surface area (Å²) in [5.74, 6) is 0.813. The van der Waals surface area contributed by atoms with E-state index in [1.165, 1.54) is 25.7 Å². The fourth-order valence-corrected chi connectivity index (χ4v) is 2.43. The van der Waals surface area contributed by atoms with E-state index < -0.39 is 0 Å². The van der Waals surface area contributed by atoms with E-state index in [0.29, 0.717) is 6.04 Å². The van der Waals surface area contributed by atoms with Crippen LogP contribution in [0.1, 0.15) is 32.1 Å². The second-order valence-electron chi connectivity index (χ2n) is 3.74. The Hall–Kier alpha value is -0.550. The Morgan fingerprint density at radius 3 is 2.82 bits per heavy atom. The number of nitrogens with one attached hydrogen (secondary N) is 1. The molecule has 0 spiro atoms. The second-order valence-corrected chi connectivity index (χ2v) is 3.74. The summed E-state index contributed by atoms with van der Waals surface area (Å²) < 4.78 is 0. The third kappa shape index (κ3) is 1.25. The van der Waals surface area contributed by atoms with Crippen LogP contribution in [-0.2, 0) is 0 Å². The molecule has 2 rings (SSSR count). The van der Waals surface area contributed by atoms with Gasteiger partial charge in [0.1, 0.15) is 0 Å². The maximum atomic E-state index is 8.70. The van der Waals surface area contributed by atoms with Gasteiger partial charge >= 0.3 is 0 Å². The van der Waals surface area contributed by atoms with Crippen LogP contribution in [0.4, 0.5) is 0 Å². The van der Waals surface area contributed by atoms with Gasteiger partial charge in [0.25, 0.3) is 0 Å². The van der Waals surface area contributed by atoms with Crippen molar-refractivity contribution in [2.45, 2.75) is 44.2 Å². The molecule has 0 aromatic heterocycles. The van der Waals surface area contributed by atoms with Gasteiger partial charge in [-0.15, -0.1) is 0 Å². The Kier molecular flexibility index (Phi) is 1.83. The summed E-state index contributed by atoms with van der Waals surface area (Å²) in [5, 5.41) is 12.1. The maximum Gasteiger partial charge on any atom is 0.0958 e. The molecule has 0 amide bonds. The fraction of sp³-hybridized carbons (Fsp3) is 0.889. The quantitative estimate of drug-likeness (QED) is 0.567. The zero-order valence-corrected chi connectivity index (χ0v) is 6.71. The number of hydrogen-bond acceptors (Lipinski definition) is 2. The average molecular weight is 150 g/mol. The van der Waals surface area contributed by atoms with E-state index in [-0.39, 0.29) is 6.04 Å². The van der Waals surface area contributed by atoms with Gasteiger partial charge in [-0.2, -0.15) is 5.26 Å². The fourth-order valence-electron chi connectivity index (χ4n) is 2.43. The number of fused-ring (bicyclic) bond motifs is 1. The van der Waals surface area contributed by atoms with Crippen molar-refractivity contribution in [3.8, 4) is 6.07 Å². The predicted octanol–water partition coefficient (Wildman–Crippen LogP) is 1.43. The number of rotatable bonds is 0. The van der Waals surface area contributed by atoms with Gasteiger partial charge in [-0.05, 0) is 25.2 Å². The van der Waals surface area contributed by atoms with E-state index in [4.69, 9.17) is 5.26 Å². The number of nitrogens with zero attached hydrogens (tertiary/aromatic N) is 1. The lowest BCUT2D eigenvalue weighted by Crippen LogP contribution is -2.32. The predicted molar refractivity (Wildman–Crippen MR) is 42.9 cm³/mol. The lowest BCUT2D eigenvalue weighted by atomic mass is 9.85. The van der Waals surface area contributed by atoms with E-state index in [9.17, 15) is 0 Å². The molecule has 1 saturated heterocycles. The Morgan fingerprint density at radius 1 is 1.27 bits per heavy atom. The highest BCUT2D eigenvalue weighted by Gasteiger charge is 2.34. The average Bonchev–Trinajstić information content (AvgIpc) is 2.46. The summed E-state index contributed by atoms with van der Waals surface area (Å²) in [7, 11) is 0. The summed E-state index contributed by atoms with van der Waals surface area (Å²) in [5.41, 5.74) is 0. The molecular weight excluding hydrogens is 136 g/mol. The Balaban J connectivity index is 1.99. The summed E-state index contributed by atoms with van der Waals surface area (Å²) in [6, 6.07) is 3.14. The van der Waals surface area contributed by atoms with Crippen molar-refractivity contribution in [2.24, 2.45) is 5.92 Å². The van der Waals surface area contributed by atoms with Crippen molar-refractivity contribution in [3.63, 3.8) is 0 Å². The van der Waals surface area contributed by atoms with Crippen molar-refractivity contribution >= 4 is 0 Å². The van der Waals surface area contributed by atoms with E-state index in [2.05, 4.69) is 11.4 Å². The first-order valence-electron chi connectivity index (χ1n) is 4.56. The second kappa shape index (κ2) is 2.83. The molecule has 2 fully saturated rings. The minimum atomic E-state index is 0.156. The smallest absolute Gasteiger partial charge is 0.0958 e. The molecule has 0 radical (unpaired) electrons. The van der Waals surface area contributed by atoms with Crippen molar-refractivity contribution in [3.05, 3.63) is 0 Å². The lowest BCUT2D eigenvalue weighted by Gasteiger charge is -2.23. The highest BCUT2D eigenvalue weighted by atomic mass is 15.0. The van der Waals surface area contributed by atoms with Gasteiger partial charge in [-0.3, -0.25) is 5.32 Å². The molecule has 1 saturated carbocycles. The topological polar surface area (TPSA) is 35.8 Å². The van der Waals surface area contributed by atoms with Crippen molar-refractivity contribution in [2.75, 3.05) is 0 Å². The van der Waals surface area contributed by atoms with Crippen molar-refractivity contribution in [1.82, 2.24) is 5.32 Å². The van der Waals surface area contributed by atoms with Crippen molar-refractivity contribution < 1.29 is 0 Å². The van der Waals surface area contributed by atoms with Crippen LogP contribution < -0.4 is 5.32 Å². The van der Waals surface area contributed by atoms with Crippen LogP contribution in [0, 0.1) is 17.2 Å². The Morgan fingerprint density at radius 2 is 2.09 bits per heavy atom. The van der Waals surface area contributed by atoms with Gasteiger partial charge in [-0.25, -0.2) is 0 Å². The molecule has 60 valence electrons. The zero-order valence-electron chi connectivity index (χ0n) is 6.71. The summed E-state index contributed by atoms with van der Waals surface area (Å²) in [6.45, 7) is 0. The molecule has 0 aromatic carbocycles. The SMILES string of the molecule is N#C[C@@H]1C[C@@H]2CCCC[C@H]2N1. The largest absolute Gasteiger partial charge is 0.299 e. The summed E-state index contributed by atoms with van der Waals surface area (Å²) >= 11 is 0. The molecule has 0 aromatic rings. The molecule has 1 N–H and O–H groups in total. The van der Waals surface area contributed by atoms with Crippen LogP contribution >= 0.6 is 0 Å². The Bertz CT molecular complexity index is 168. The normalized spacial score (nSPS) is 43.0. The monoisotopic (exact) mass is 150 g/mol. The van der Waals surface area contributed by atoms with Gasteiger partial charge in [-0.1, -0.05) is 12.8 Å². The third-order valence-corrected chi connectivity index (χ3v) is 3.02. The molecule has 2 aliphatic rings. The minimum Gasteiger partial charge on any atom is -0.299 e. The highest BCUT2D eigenvalue weighted by molar-refractivity contribution is 5.02. The molecule has 1 aliphatic heterocycles. The first kappa shape index (κ1) is 7.12. The first-order chi connectivity index (χ1) is 5.40. The van der Waals surface area contributed by atoms with Gasteiger partial charge < -0.3 is 0 Å². The lowest BCUT2D eigenvalue weighted by molar-refractivity contribution is 0.326. The van der Waals surface area contributed by atoms with Gasteiger partial charge in [0, 0.05) is 6.04 Å². The minimum absolute atomic E-state index is 0.156. The Labute approximate surface area is 67.6 Å². The summed E-state index contributed by atoms with van der Waals surface area (Å²) in [4.78, 5) is 0. The molecule has 0 bridgehead atoms. The number of nitriles is 1. The van der Waals surface area contributed by atoms with E-state index in [0.717, 1.165) is 12.3 Å². The molecule has 0 unspecified atom stereocenters. The molecule has 3 atom stereocenters. The molecular formula is C9H14N2. The third-order valence-electron chi connectivity index (χ3n) is 3.02. The zero-order chi connectivity index (χ0) is 7.68. The van der Waals surface area contributed by atoms with E-state index in [1.54, 1.807) is 0 Å². The molecule has 2 heteroatoms. The summed E-state index contributed by atoms with van der Waals surface area (Å²) in [6.07, 6.45) is 6.47. The van der Waals surface area contributed by atoms with Gasteiger partial charge in [0.05, 0.1) is 12.1 Å². The van der Waals surface area contributed by atoms with Crippen LogP contribution in [0.25, 0.3) is 0 Å². The molecule has 1 heterocycles. The standard InChI is InChI=1S/C9H14N2/c10-6-8-5-7-3-1-2-4-9(7)11-8/h7-9,11H,1-5H2/t7-,8-,9+/m0/s1. The van der Waals surface area contributed by atoms with Crippen LogP contribution in [0.15, 0.2) is 0 Å². The van der Waals surface area contributed by atoms with Crippen LogP contribution in [-0.4, -0.2) is 12.1 Å². The first-order valence-corrected chi connectivity index (χ1v) is 4.56. The van der Waals surface area contributed by atoms with E-state index in [1.807, 2.05) is 0 Å².